The van der Waals surface area contributed by atoms with Gasteiger partial charge in [-0.15, -0.1) is 0 Å². The lowest BCUT2D eigenvalue weighted by Crippen LogP contribution is -2.03. The SMILES string of the molecule is Cc1ccc([N+](=O)[O-])c(Oc2ccccc2CC(=O)O)n1. The fraction of sp³-hybridized carbons (Fsp3) is 0.143. The Hall–Kier alpha value is -2.96. The molecule has 1 aromatic heterocycles. The van der Waals surface area contributed by atoms with Crippen molar-refractivity contribution >= 4 is 11.7 Å². The van der Waals surface area contributed by atoms with E-state index in [0.717, 1.165) is 0 Å². The van der Waals surface area contributed by atoms with Gasteiger partial charge in [-0.1, -0.05) is 18.2 Å². The molecule has 0 saturated carbocycles. The number of carbonyl (C=O) groups is 1. The Morgan fingerprint density at radius 2 is 2.05 bits per heavy atom. The van der Waals surface area contributed by atoms with Crippen molar-refractivity contribution in [2.24, 2.45) is 0 Å². The van der Waals surface area contributed by atoms with Crippen molar-refractivity contribution in [1.82, 2.24) is 4.98 Å². The van der Waals surface area contributed by atoms with Crippen molar-refractivity contribution in [2.45, 2.75) is 13.3 Å². The third kappa shape index (κ3) is 3.53. The number of aliphatic carboxylic acids is 1. The van der Waals surface area contributed by atoms with Crippen LogP contribution in [0.4, 0.5) is 5.69 Å². The monoisotopic (exact) mass is 288 g/mol. The summed E-state index contributed by atoms with van der Waals surface area (Å²) in [7, 11) is 0. The molecule has 108 valence electrons. The van der Waals surface area contributed by atoms with Crippen LogP contribution in [0.1, 0.15) is 11.3 Å². The normalized spacial score (nSPS) is 10.1. The Labute approximate surface area is 120 Å². The van der Waals surface area contributed by atoms with Gasteiger partial charge in [0.15, 0.2) is 0 Å². The molecule has 7 nitrogen and oxygen atoms in total. The highest BCUT2D eigenvalue weighted by Crippen LogP contribution is 2.31. The summed E-state index contributed by atoms with van der Waals surface area (Å²) < 4.78 is 5.47. The molecular formula is C14H12N2O5. The number of aryl methyl sites for hydroxylation is 1. The summed E-state index contributed by atoms with van der Waals surface area (Å²) in [5.41, 5.74) is 0.708. The number of carboxylic acids is 1. The minimum absolute atomic E-state index is 0.155. The molecule has 0 fully saturated rings. The molecular weight excluding hydrogens is 276 g/mol. The lowest BCUT2D eigenvalue weighted by atomic mass is 10.1. The standard InChI is InChI=1S/C14H12N2O5/c1-9-6-7-11(16(19)20)14(15-9)21-12-5-3-2-4-10(12)8-13(17)18/h2-7H,8H2,1H3,(H,17,18). The highest BCUT2D eigenvalue weighted by molar-refractivity contribution is 5.71. The lowest BCUT2D eigenvalue weighted by molar-refractivity contribution is -0.386. The summed E-state index contributed by atoms with van der Waals surface area (Å²) in [6.45, 7) is 1.68. The Morgan fingerprint density at radius 3 is 2.71 bits per heavy atom. The third-order valence-electron chi connectivity index (χ3n) is 2.70. The van der Waals surface area contributed by atoms with Crippen LogP contribution in [-0.2, 0) is 11.2 Å². The zero-order valence-corrected chi connectivity index (χ0v) is 11.1. The van der Waals surface area contributed by atoms with Gasteiger partial charge in [0, 0.05) is 17.3 Å². The molecule has 0 aliphatic rings. The smallest absolute Gasteiger partial charge is 0.331 e. The van der Waals surface area contributed by atoms with E-state index >= 15 is 0 Å². The largest absolute Gasteiger partial charge is 0.481 e. The van der Waals surface area contributed by atoms with Gasteiger partial charge in [0.25, 0.3) is 5.88 Å². The number of ether oxygens (including phenoxy) is 1. The van der Waals surface area contributed by atoms with Crippen LogP contribution in [0.5, 0.6) is 11.6 Å². The van der Waals surface area contributed by atoms with Crippen LogP contribution in [-0.4, -0.2) is 21.0 Å². The van der Waals surface area contributed by atoms with Crippen molar-refractivity contribution in [1.29, 1.82) is 0 Å². The number of carboxylic acid groups (broad SMARTS) is 1. The number of nitro groups is 1. The number of benzene rings is 1. The molecule has 2 rings (SSSR count). The van der Waals surface area contributed by atoms with E-state index in [0.29, 0.717) is 11.3 Å². The van der Waals surface area contributed by atoms with Crippen molar-refractivity contribution in [3.8, 4) is 11.6 Å². The second-order valence-electron chi connectivity index (χ2n) is 4.31. The fourth-order valence-electron chi connectivity index (χ4n) is 1.76. The van der Waals surface area contributed by atoms with Crippen LogP contribution in [0, 0.1) is 17.0 Å². The highest BCUT2D eigenvalue weighted by atomic mass is 16.6. The Balaban J connectivity index is 2.40. The maximum atomic E-state index is 11.0. The van der Waals surface area contributed by atoms with Gasteiger partial charge >= 0.3 is 11.7 Å². The van der Waals surface area contributed by atoms with Crippen LogP contribution >= 0.6 is 0 Å². The quantitative estimate of drug-likeness (QED) is 0.670. The molecule has 0 atom stereocenters. The second-order valence-corrected chi connectivity index (χ2v) is 4.31. The first-order valence-electron chi connectivity index (χ1n) is 6.07. The van der Waals surface area contributed by atoms with Gasteiger partial charge in [0.05, 0.1) is 11.3 Å². The van der Waals surface area contributed by atoms with Gasteiger partial charge in [-0.2, -0.15) is 0 Å². The number of rotatable bonds is 5. The van der Waals surface area contributed by atoms with Gasteiger partial charge in [-0.25, -0.2) is 4.98 Å². The number of para-hydroxylation sites is 1. The Kier molecular flexibility index (Phi) is 4.13. The summed E-state index contributed by atoms with van der Waals surface area (Å²) in [6, 6.07) is 9.27. The number of nitrogens with zero attached hydrogens (tertiary/aromatic N) is 2. The van der Waals surface area contributed by atoms with E-state index in [1.807, 2.05) is 0 Å². The predicted octanol–water partition coefficient (Wildman–Crippen LogP) is 2.72. The van der Waals surface area contributed by atoms with Crippen LogP contribution in [0.2, 0.25) is 0 Å². The van der Waals surface area contributed by atoms with E-state index in [4.69, 9.17) is 9.84 Å². The zero-order valence-electron chi connectivity index (χ0n) is 11.1. The van der Waals surface area contributed by atoms with Gasteiger partial charge in [-0.3, -0.25) is 14.9 Å². The van der Waals surface area contributed by atoms with Crippen LogP contribution in [0.15, 0.2) is 36.4 Å². The number of aromatic nitrogens is 1. The summed E-state index contributed by atoms with van der Waals surface area (Å²) in [4.78, 5) is 25.2. The number of hydrogen-bond donors (Lipinski definition) is 1. The molecule has 0 saturated heterocycles. The molecule has 7 heteroatoms. The van der Waals surface area contributed by atoms with E-state index in [2.05, 4.69) is 4.98 Å². The highest BCUT2D eigenvalue weighted by Gasteiger charge is 2.19. The number of hydrogen-bond acceptors (Lipinski definition) is 5. The van der Waals surface area contributed by atoms with Gasteiger partial charge < -0.3 is 9.84 Å². The molecule has 21 heavy (non-hydrogen) atoms. The van der Waals surface area contributed by atoms with Crippen molar-refractivity contribution in [2.75, 3.05) is 0 Å². The van der Waals surface area contributed by atoms with Gasteiger partial charge in [0.2, 0.25) is 0 Å². The molecule has 1 N–H and O–H groups in total. The van der Waals surface area contributed by atoms with Gasteiger partial charge in [-0.05, 0) is 19.1 Å². The van der Waals surface area contributed by atoms with Crippen LogP contribution in [0.25, 0.3) is 0 Å². The molecule has 1 aromatic carbocycles. The Bertz CT molecular complexity index is 700. The summed E-state index contributed by atoms with van der Waals surface area (Å²) >= 11 is 0. The maximum absolute atomic E-state index is 11.0. The zero-order chi connectivity index (χ0) is 15.4. The summed E-state index contributed by atoms with van der Waals surface area (Å²) in [5, 5.41) is 19.8. The van der Waals surface area contributed by atoms with E-state index in [9.17, 15) is 14.9 Å². The van der Waals surface area contributed by atoms with Crippen molar-refractivity contribution < 1.29 is 19.6 Å². The molecule has 0 radical (unpaired) electrons. The van der Waals surface area contributed by atoms with Crippen LogP contribution in [0.3, 0.4) is 0 Å². The summed E-state index contributed by atoms with van der Waals surface area (Å²) in [6.07, 6.45) is -0.240. The topological polar surface area (TPSA) is 103 Å². The fourth-order valence-corrected chi connectivity index (χ4v) is 1.76. The molecule has 0 unspecified atom stereocenters. The lowest BCUT2D eigenvalue weighted by Gasteiger charge is -2.09. The predicted molar refractivity (Wildman–Crippen MR) is 73.5 cm³/mol. The van der Waals surface area contributed by atoms with Gasteiger partial charge in [0.1, 0.15) is 5.75 Å². The van der Waals surface area contributed by atoms with Crippen LogP contribution < -0.4 is 4.74 Å². The Morgan fingerprint density at radius 1 is 1.33 bits per heavy atom. The van der Waals surface area contributed by atoms with E-state index in [1.54, 1.807) is 31.2 Å². The minimum atomic E-state index is -1.02. The molecule has 1 heterocycles. The molecule has 0 aliphatic heterocycles. The first kappa shape index (κ1) is 14.4. The van der Waals surface area contributed by atoms with E-state index < -0.39 is 10.9 Å². The molecule has 0 amide bonds. The molecule has 0 spiro atoms. The number of pyridine rings is 1. The summed E-state index contributed by atoms with van der Waals surface area (Å²) in [5.74, 6) is -0.934. The van der Waals surface area contributed by atoms with Crippen molar-refractivity contribution in [3.05, 3.63) is 57.8 Å². The first-order valence-corrected chi connectivity index (χ1v) is 6.07. The molecule has 2 aromatic rings. The molecule has 0 aliphatic carbocycles. The van der Waals surface area contributed by atoms with E-state index in [-0.39, 0.29) is 23.7 Å². The maximum Gasteiger partial charge on any atom is 0.331 e. The van der Waals surface area contributed by atoms with Crippen molar-refractivity contribution in [3.63, 3.8) is 0 Å². The third-order valence-corrected chi connectivity index (χ3v) is 2.70. The first-order chi connectivity index (χ1) is 9.97. The average molecular weight is 288 g/mol. The molecule has 0 bridgehead atoms. The minimum Gasteiger partial charge on any atom is -0.481 e. The second kappa shape index (κ2) is 6.00. The average Bonchev–Trinajstić information content (AvgIpc) is 2.40. The van der Waals surface area contributed by atoms with E-state index in [1.165, 1.54) is 12.1 Å².